The van der Waals surface area contributed by atoms with E-state index >= 15 is 0 Å². The van der Waals surface area contributed by atoms with Crippen LogP contribution >= 0.6 is 0 Å². The molecule has 0 bridgehead atoms. The third kappa shape index (κ3) is 2.10. The molecule has 0 unspecified atom stereocenters. The molecule has 0 saturated carbocycles. The first-order valence-corrected chi connectivity index (χ1v) is 7.93. The molecule has 0 N–H and O–H groups in total. The Morgan fingerprint density at radius 2 is 1.13 bits per heavy atom. The van der Waals surface area contributed by atoms with Crippen molar-refractivity contribution in [2.45, 2.75) is 6.92 Å². The van der Waals surface area contributed by atoms with Crippen LogP contribution in [0.2, 0.25) is 0 Å². The number of rotatable bonds is 1. The summed E-state index contributed by atoms with van der Waals surface area (Å²) in [6.07, 6.45) is 0. The Morgan fingerprint density at radius 1 is 0.609 bits per heavy atom. The highest BCUT2D eigenvalue weighted by Crippen LogP contribution is 2.48. The zero-order valence-corrected chi connectivity index (χ0v) is 13.7. The predicted molar refractivity (Wildman–Crippen MR) is 99.2 cm³/mol. The molecule has 0 aromatic heterocycles. The van der Waals surface area contributed by atoms with Crippen LogP contribution in [0.5, 0.6) is 0 Å². The lowest BCUT2D eigenvalue weighted by molar-refractivity contribution is 1.09. The molecule has 2 nitrogen and oxygen atoms in total. The van der Waals surface area contributed by atoms with Crippen molar-refractivity contribution in [3.63, 3.8) is 0 Å². The van der Waals surface area contributed by atoms with Crippen LogP contribution in [0.4, 0.5) is 22.7 Å². The number of benzene rings is 3. The molecule has 3 aromatic rings. The monoisotopic (exact) mass is 300 g/mol. The van der Waals surface area contributed by atoms with Gasteiger partial charge < -0.3 is 9.80 Å². The van der Waals surface area contributed by atoms with E-state index in [2.05, 4.69) is 97.5 Å². The summed E-state index contributed by atoms with van der Waals surface area (Å²) in [5.74, 6) is 0. The minimum absolute atomic E-state index is 1.24. The Labute approximate surface area is 137 Å². The quantitative estimate of drug-likeness (QED) is 0.584. The Balaban J connectivity index is 1.92. The van der Waals surface area contributed by atoms with Crippen molar-refractivity contribution in [3.8, 4) is 11.1 Å². The Bertz CT molecular complexity index is 868. The lowest BCUT2D eigenvalue weighted by atomic mass is 9.97. The summed E-state index contributed by atoms with van der Waals surface area (Å²) in [6, 6.07) is 23.8. The zero-order valence-electron chi connectivity index (χ0n) is 13.7. The lowest BCUT2D eigenvalue weighted by Crippen LogP contribution is -2.24. The van der Waals surface area contributed by atoms with E-state index in [0.29, 0.717) is 0 Å². The van der Waals surface area contributed by atoms with E-state index in [1.54, 1.807) is 0 Å². The van der Waals surface area contributed by atoms with Gasteiger partial charge in [0, 0.05) is 14.1 Å². The van der Waals surface area contributed by atoms with Crippen molar-refractivity contribution < 1.29 is 0 Å². The average Bonchev–Trinajstić information content (AvgIpc) is 2.60. The second-order valence-electron chi connectivity index (χ2n) is 6.13. The summed E-state index contributed by atoms with van der Waals surface area (Å²) in [5, 5.41) is 0. The van der Waals surface area contributed by atoms with E-state index in [-0.39, 0.29) is 0 Å². The number of para-hydroxylation sites is 2. The molecule has 23 heavy (non-hydrogen) atoms. The molecule has 0 radical (unpaired) electrons. The molecule has 0 fully saturated rings. The molecule has 0 atom stereocenters. The van der Waals surface area contributed by atoms with Crippen molar-refractivity contribution in [2.24, 2.45) is 0 Å². The van der Waals surface area contributed by atoms with Crippen molar-refractivity contribution >= 4 is 22.7 Å². The van der Waals surface area contributed by atoms with Crippen LogP contribution < -0.4 is 9.80 Å². The fourth-order valence-corrected chi connectivity index (χ4v) is 3.44. The van der Waals surface area contributed by atoms with Crippen molar-refractivity contribution in [3.05, 3.63) is 72.3 Å². The van der Waals surface area contributed by atoms with Crippen LogP contribution in [-0.2, 0) is 0 Å². The van der Waals surface area contributed by atoms with Crippen LogP contribution in [0.15, 0.2) is 66.7 Å². The van der Waals surface area contributed by atoms with Gasteiger partial charge in [-0.25, -0.2) is 0 Å². The smallest absolute Gasteiger partial charge is 0.0656 e. The number of hydrogen-bond donors (Lipinski definition) is 0. The van der Waals surface area contributed by atoms with Crippen molar-refractivity contribution in [1.82, 2.24) is 0 Å². The fraction of sp³-hybridized carbons (Fsp3) is 0.143. The summed E-state index contributed by atoms with van der Waals surface area (Å²) < 4.78 is 0. The number of aryl methyl sites for hydroxylation is 1. The molecule has 4 rings (SSSR count). The third-order valence-electron chi connectivity index (χ3n) is 4.73. The highest BCUT2D eigenvalue weighted by Gasteiger charge is 2.24. The van der Waals surface area contributed by atoms with Gasteiger partial charge in [-0.1, -0.05) is 42.5 Å². The molecule has 114 valence electrons. The maximum atomic E-state index is 2.31. The summed E-state index contributed by atoms with van der Waals surface area (Å²) >= 11 is 0. The van der Waals surface area contributed by atoms with Crippen LogP contribution in [0.3, 0.4) is 0 Å². The van der Waals surface area contributed by atoms with E-state index in [0.717, 1.165) is 0 Å². The minimum atomic E-state index is 1.24. The van der Waals surface area contributed by atoms with E-state index < -0.39 is 0 Å². The highest BCUT2D eigenvalue weighted by atomic mass is 15.2. The molecule has 1 heterocycles. The standard InChI is InChI=1S/C21H20N2/c1-15-13-20-21(14-17(15)16-9-5-4-6-10-16)23(3)19-12-8-7-11-18(19)22(20)2/h4-14H,1-3H3. The fourth-order valence-electron chi connectivity index (χ4n) is 3.44. The van der Waals surface area contributed by atoms with Crippen LogP contribution in [0, 0.1) is 6.92 Å². The number of fused-ring (bicyclic) bond motifs is 2. The maximum Gasteiger partial charge on any atom is 0.0656 e. The van der Waals surface area contributed by atoms with Crippen LogP contribution in [0.25, 0.3) is 11.1 Å². The molecule has 2 heteroatoms. The largest absolute Gasteiger partial charge is 0.341 e. The molecule has 0 amide bonds. The summed E-state index contributed by atoms with van der Waals surface area (Å²) in [6.45, 7) is 2.19. The third-order valence-corrected chi connectivity index (χ3v) is 4.73. The van der Waals surface area contributed by atoms with Gasteiger partial charge >= 0.3 is 0 Å². The van der Waals surface area contributed by atoms with Gasteiger partial charge in [0.05, 0.1) is 22.7 Å². The van der Waals surface area contributed by atoms with E-state index in [1.807, 2.05) is 0 Å². The molecule has 0 spiro atoms. The minimum Gasteiger partial charge on any atom is -0.341 e. The normalized spacial score (nSPS) is 12.8. The molecule has 3 aromatic carbocycles. The van der Waals surface area contributed by atoms with Crippen molar-refractivity contribution in [2.75, 3.05) is 23.9 Å². The summed E-state index contributed by atoms with van der Waals surface area (Å²) in [4.78, 5) is 4.57. The zero-order chi connectivity index (χ0) is 16.0. The molecular formula is C21H20N2. The second-order valence-corrected chi connectivity index (χ2v) is 6.13. The van der Waals surface area contributed by atoms with Gasteiger partial charge in [-0.05, 0) is 47.9 Å². The summed E-state index contributed by atoms with van der Waals surface area (Å²) in [5.41, 5.74) is 8.85. The second kappa shape index (κ2) is 5.17. The van der Waals surface area contributed by atoms with Gasteiger partial charge in [0.2, 0.25) is 0 Å². The maximum absolute atomic E-state index is 2.31. The molecule has 1 aliphatic heterocycles. The first-order valence-electron chi connectivity index (χ1n) is 7.93. The first-order chi connectivity index (χ1) is 11.2. The highest BCUT2D eigenvalue weighted by molar-refractivity contribution is 5.95. The topological polar surface area (TPSA) is 6.48 Å². The first kappa shape index (κ1) is 13.9. The van der Waals surface area contributed by atoms with Crippen molar-refractivity contribution in [1.29, 1.82) is 0 Å². The van der Waals surface area contributed by atoms with E-state index in [4.69, 9.17) is 0 Å². The van der Waals surface area contributed by atoms with Gasteiger partial charge in [0.15, 0.2) is 0 Å². The Morgan fingerprint density at radius 3 is 1.74 bits per heavy atom. The van der Waals surface area contributed by atoms with E-state index in [1.165, 1.54) is 39.4 Å². The van der Waals surface area contributed by atoms with Gasteiger partial charge in [0.1, 0.15) is 0 Å². The molecule has 0 aliphatic carbocycles. The number of anilines is 4. The Kier molecular flexibility index (Phi) is 3.12. The predicted octanol–water partition coefficient (Wildman–Crippen LogP) is 5.51. The van der Waals surface area contributed by atoms with Gasteiger partial charge in [0.25, 0.3) is 0 Å². The SMILES string of the molecule is Cc1cc2c(cc1-c1ccccc1)N(C)c1ccccc1N2C. The van der Waals surface area contributed by atoms with Gasteiger partial charge in [-0.3, -0.25) is 0 Å². The Hall–Kier alpha value is -2.74. The number of hydrogen-bond acceptors (Lipinski definition) is 2. The average molecular weight is 300 g/mol. The summed E-state index contributed by atoms with van der Waals surface area (Å²) in [7, 11) is 4.29. The van der Waals surface area contributed by atoms with E-state index in [9.17, 15) is 0 Å². The molecule has 1 aliphatic rings. The van der Waals surface area contributed by atoms with Gasteiger partial charge in [-0.15, -0.1) is 0 Å². The van der Waals surface area contributed by atoms with Crippen LogP contribution in [-0.4, -0.2) is 14.1 Å². The number of nitrogens with zero attached hydrogens (tertiary/aromatic N) is 2. The van der Waals surface area contributed by atoms with Crippen LogP contribution in [0.1, 0.15) is 5.56 Å². The van der Waals surface area contributed by atoms with Gasteiger partial charge in [-0.2, -0.15) is 0 Å². The molecule has 0 saturated heterocycles. The lowest BCUT2D eigenvalue weighted by Gasteiger charge is -2.37. The molecular weight excluding hydrogens is 280 g/mol.